The lowest BCUT2D eigenvalue weighted by Gasteiger charge is -2.28. The second-order valence-corrected chi connectivity index (χ2v) is 9.24. The van der Waals surface area contributed by atoms with Crippen LogP contribution in [0, 0.1) is 23.2 Å². The summed E-state index contributed by atoms with van der Waals surface area (Å²) < 4.78 is 2.20. The molecule has 0 fully saturated rings. The van der Waals surface area contributed by atoms with E-state index in [2.05, 4.69) is 35.9 Å². The molecule has 0 spiro atoms. The average Bonchev–Trinajstić information content (AvgIpc) is 2.96. The molecule has 0 saturated carbocycles. The van der Waals surface area contributed by atoms with E-state index in [-0.39, 0.29) is 17.1 Å². The van der Waals surface area contributed by atoms with Crippen LogP contribution >= 0.6 is 11.8 Å². The number of hydrogen-bond acceptors (Lipinski definition) is 4. The Kier molecular flexibility index (Phi) is 6.94. The standard InChI is InChI=1S/C21H30N4OS/c1-14(2)11-12-25-18-10-8-7-9-17(18)23-20(25)27-16(5)19(26)24-21(6,13-22)15(3)4/h7-10,14-16H,11-12H2,1-6H3,(H,24,26). The average molecular weight is 387 g/mol. The number of imidazole rings is 1. The van der Waals surface area contributed by atoms with Gasteiger partial charge in [-0.2, -0.15) is 5.26 Å². The molecule has 0 aliphatic rings. The summed E-state index contributed by atoms with van der Waals surface area (Å²) in [4.78, 5) is 17.4. The topological polar surface area (TPSA) is 70.7 Å². The number of amides is 1. The van der Waals surface area contributed by atoms with Gasteiger partial charge in [-0.1, -0.05) is 51.6 Å². The van der Waals surface area contributed by atoms with Gasteiger partial charge in [0.2, 0.25) is 5.91 Å². The third kappa shape index (κ3) is 5.04. The zero-order chi connectivity index (χ0) is 20.2. The van der Waals surface area contributed by atoms with Crippen molar-refractivity contribution >= 4 is 28.7 Å². The predicted molar refractivity (Wildman–Crippen MR) is 112 cm³/mol. The Morgan fingerprint density at radius 2 is 1.96 bits per heavy atom. The summed E-state index contributed by atoms with van der Waals surface area (Å²) in [6.45, 7) is 12.8. The van der Waals surface area contributed by atoms with Crippen molar-refractivity contribution in [2.24, 2.45) is 11.8 Å². The largest absolute Gasteiger partial charge is 0.337 e. The van der Waals surface area contributed by atoms with Crippen molar-refractivity contribution in [3.8, 4) is 6.07 Å². The minimum absolute atomic E-state index is 0.0271. The van der Waals surface area contributed by atoms with Crippen molar-refractivity contribution in [1.29, 1.82) is 5.26 Å². The molecule has 0 aliphatic heterocycles. The van der Waals surface area contributed by atoms with Gasteiger partial charge in [-0.25, -0.2) is 4.98 Å². The third-order valence-corrected chi connectivity index (χ3v) is 6.06. The highest BCUT2D eigenvalue weighted by molar-refractivity contribution is 8.00. The SMILES string of the molecule is CC(C)CCn1c(SC(C)C(=O)NC(C)(C#N)C(C)C)nc2ccccc21. The summed E-state index contributed by atoms with van der Waals surface area (Å²) in [5.74, 6) is 0.478. The van der Waals surface area contributed by atoms with Crippen LogP contribution in [-0.2, 0) is 11.3 Å². The number of carbonyl (C=O) groups is 1. The highest BCUT2D eigenvalue weighted by Gasteiger charge is 2.32. The lowest BCUT2D eigenvalue weighted by Crippen LogP contribution is -2.51. The first-order chi connectivity index (χ1) is 12.7. The minimum atomic E-state index is -0.871. The zero-order valence-electron chi connectivity index (χ0n) is 17.1. The molecule has 1 amide bonds. The zero-order valence-corrected chi connectivity index (χ0v) is 17.9. The van der Waals surface area contributed by atoms with E-state index in [1.54, 1.807) is 6.92 Å². The Bertz CT molecular complexity index is 836. The van der Waals surface area contributed by atoms with E-state index >= 15 is 0 Å². The van der Waals surface area contributed by atoms with Crippen LogP contribution in [0.2, 0.25) is 0 Å². The monoisotopic (exact) mass is 386 g/mol. The summed E-state index contributed by atoms with van der Waals surface area (Å²) >= 11 is 1.45. The van der Waals surface area contributed by atoms with Gasteiger partial charge >= 0.3 is 0 Å². The molecule has 1 heterocycles. The maximum Gasteiger partial charge on any atom is 0.234 e. The number of nitrogens with one attached hydrogen (secondary N) is 1. The molecule has 1 N–H and O–H groups in total. The number of nitriles is 1. The number of nitrogens with zero attached hydrogens (tertiary/aromatic N) is 3. The number of rotatable bonds is 8. The molecule has 1 aromatic heterocycles. The number of hydrogen-bond donors (Lipinski definition) is 1. The maximum atomic E-state index is 12.7. The van der Waals surface area contributed by atoms with Crippen LogP contribution in [0.4, 0.5) is 0 Å². The Labute approximate surface area is 166 Å². The van der Waals surface area contributed by atoms with Crippen molar-refractivity contribution in [3.63, 3.8) is 0 Å². The van der Waals surface area contributed by atoms with Crippen molar-refractivity contribution in [2.75, 3.05) is 0 Å². The van der Waals surface area contributed by atoms with Crippen LogP contribution in [0.15, 0.2) is 29.4 Å². The van der Waals surface area contributed by atoms with Gasteiger partial charge in [0.1, 0.15) is 5.54 Å². The molecule has 27 heavy (non-hydrogen) atoms. The molecule has 5 nitrogen and oxygen atoms in total. The molecule has 6 heteroatoms. The Morgan fingerprint density at radius 3 is 2.56 bits per heavy atom. The second kappa shape index (κ2) is 8.79. The smallest absolute Gasteiger partial charge is 0.234 e. The van der Waals surface area contributed by atoms with Gasteiger partial charge in [0, 0.05) is 6.54 Å². The Balaban J connectivity index is 2.23. The number of fused-ring (bicyclic) bond motifs is 1. The molecular formula is C21H30N4OS. The van der Waals surface area contributed by atoms with Crippen molar-refractivity contribution in [2.45, 2.75) is 70.5 Å². The molecule has 2 atom stereocenters. The highest BCUT2D eigenvalue weighted by atomic mass is 32.2. The van der Waals surface area contributed by atoms with E-state index in [0.29, 0.717) is 5.92 Å². The fourth-order valence-electron chi connectivity index (χ4n) is 2.62. The molecule has 2 unspecified atom stereocenters. The van der Waals surface area contributed by atoms with E-state index in [9.17, 15) is 10.1 Å². The molecule has 146 valence electrons. The van der Waals surface area contributed by atoms with E-state index in [1.807, 2.05) is 39.0 Å². The van der Waals surface area contributed by atoms with Crippen LogP contribution in [0.1, 0.15) is 48.0 Å². The lowest BCUT2D eigenvalue weighted by molar-refractivity contribution is -0.121. The fourth-order valence-corrected chi connectivity index (χ4v) is 3.57. The maximum absolute atomic E-state index is 12.7. The Hall–Kier alpha value is -2.00. The molecule has 2 rings (SSSR count). The first-order valence-electron chi connectivity index (χ1n) is 9.53. The van der Waals surface area contributed by atoms with Gasteiger partial charge in [-0.05, 0) is 44.2 Å². The summed E-state index contributed by atoms with van der Waals surface area (Å²) in [6.07, 6.45) is 1.05. The summed E-state index contributed by atoms with van der Waals surface area (Å²) in [6, 6.07) is 10.3. The van der Waals surface area contributed by atoms with Crippen LogP contribution in [-0.4, -0.2) is 26.2 Å². The quantitative estimate of drug-likeness (QED) is 0.672. The second-order valence-electron chi connectivity index (χ2n) is 7.94. The number of benzene rings is 1. The van der Waals surface area contributed by atoms with Gasteiger partial charge < -0.3 is 9.88 Å². The van der Waals surface area contributed by atoms with Gasteiger partial charge in [-0.15, -0.1) is 0 Å². The summed E-state index contributed by atoms with van der Waals surface area (Å²) in [7, 11) is 0. The van der Waals surface area contributed by atoms with Crippen LogP contribution < -0.4 is 5.32 Å². The third-order valence-electron chi connectivity index (χ3n) is 4.97. The Morgan fingerprint density at radius 1 is 1.30 bits per heavy atom. The normalized spacial score (nSPS) is 14.9. The number of para-hydroxylation sites is 2. The molecule has 0 saturated heterocycles. The van der Waals surface area contributed by atoms with Crippen LogP contribution in [0.25, 0.3) is 11.0 Å². The van der Waals surface area contributed by atoms with Crippen molar-refractivity contribution in [3.05, 3.63) is 24.3 Å². The van der Waals surface area contributed by atoms with E-state index in [4.69, 9.17) is 4.98 Å². The number of thioether (sulfide) groups is 1. The van der Waals surface area contributed by atoms with E-state index in [0.717, 1.165) is 29.2 Å². The van der Waals surface area contributed by atoms with Crippen LogP contribution in [0.5, 0.6) is 0 Å². The van der Waals surface area contributed by atoms with Gasteiger partial charge in [0.15, 0.2) is 5.16 Å². The van der Waals surface area contributed by atoms with Gasteiger partial charge in [-0.3, -0.25) is 4.79 Å². The minimum Gasteiger partial charge on any atom is -0.337 e. The molecule has 0 aliphatic carbocycles. The van der Waals surface area contributed by atoms with E-state index < -0.39 is 5.54 Å². The lowest BCUT2D eigenvalue weighted by atomic mass is 9.90. The molecule has 0 radical (unpaired) electrons. The van der Waals surface area contributed by atoms with Gasteiger partial charge in [0.05, 0.1) is 22.4 Å². The van der Waals surface area contributed by atoms with Crippen molar-refractivity contribution in [1.82, 2.24) is 14.9 Å². The molecular weight excluding hydrogens is 356 g/mol. The van der Waals surface area contributed by atoms with Crippen molar-refractivity contribution < 1.29 is 4.79 Å². The highest BCUT2D eigenvalue weighted by Crippen LogP contribution is 2.29. The summed E-state index contributed by atoms with van der Waals surface area (Å²) in [5.41, 5.74) is 1.17. The molecule has 1 aromatic carbocycles. The molecule has 0 bridgehead atoms. The number of carbonyl (C=O) groups excluding carboxylic acids is 1. The molecule has 2 aromatic rings. The first kappa shape index (κ1) is 21.3. The number of aromatic nitrogens is 2. The predicted octanol–water partition coefficient (Wildman–Crippen LogP) is 4.62. The first-order valence-corrected chi connectivity index (χ1v) is 10.4. The van der Waals surface area contributed by atoms with Crippen LogP contribution in [0.3, 0.4) is 0 Å². The number of aryl methyl sites for hydroxylation is 1. The van der Waals surface area contributed by atoms with E-state index in [1.165, 1.54) is 11.8 Å². The van der Waals surface area contributed by atoms with Gasteiger partial charge in [0.25, 0.3) is 0 Å². The fraction of sp³-hybridized carbons (Fsp3) is 0.571. The summed E-state index contributed by atoms with van der Waals surface area (Å²) in [5, 5.41) is 12.9.